The van der Waals surface area contributed by atoms with Gasteiger partial charge in [0.05, 0.1) is 5.54 Å². The molecule has 0 N–H and O–H groups in total. The third kappa shape index (κ3) is 2.30. The van der Waals surface area contributed by atoms with Crippen molar-refractivity contribution in [1.29, 1.82) is 0 Å². The molecule has 0 unspecified atom stereocenters. The van der Waals surface area contributed by atoms with Gasteiger partial charge in [0.15, 0.2) is 0 Å². The molecule has 2 nitrogen and oxygen atoms in total. The van der Waals surface area contributed by atoms with Gasteiger partial charge in [-0.05, 0) is 43.5 Å². The first-order chi connectivity index (χ1) is 8.46. The maximum absolute atomic E-state index is 13.5. The number of aliphatic imine (C=N–C) groups is 1. The van der Waals surface area contributed by atoms with Gasteiger partial charge in [-0.1, -0.05) is 19.6 Å². The van der Waals surface area contributed by atoms with Crippen molar-refractivity contribution in [2.45, 2.75) is 32.7 Å². The number of hydrogen-bond donors (Lipinski definition) is 0. The van der Waals surface area contributed by atoms with E-state index in [1.54, 1.807) is 12.1 Å². The Morgan fingerprint density at radius 2 is 2.22 bits per heavy atom. The minimum atomic E-state index is -0.247. The molecule has 0 fully saturated rings. The van der Waals surface area contributed by atoms with E-state index in [0.717, 1.165) is 23.1 Å². The zero-order chi connectivity index (χ0) is 13.3. The largest absolute Gasteiger partial charge is 0.475 e. The van der Waals surface area contributed by atoms with Gasteiger partial charge in [-0.3, -0.25) is 0 Å². The molecule has 1 aromatic carbocycles. The summed E-state index contributed by atoms with van der Waals surface area (Å²) in [6.45, 7) is 10.3. The van der Waals surface area contributed by atoms with E-state index < -0.39 is 0 Å². The maximum Gasteiger partial charge on any atom is 0.217 e. The molecule has 0 bridgehead atoms. The molecule has 0 radical (unpaired) electrons. The summed E-state index contributed by atoms with van der Waals surface area (Å²) in [6, 6.07) is 3.01. The van der Waals surface area contributed by atoms with E-state index in [4.69, 9.17) is 4.74 Å². The molecule has 1 aromatic rings. The van der Waals surface area contributed by atoms with E-state index >= 15 is 0 Å². The molecule has 0 spiro atoms. The molecule has 1 aliphatic rings. The summed E-state index contributed by atoms with van der Waals surface area (Å²) >= 11 is 0. The standard InChI is InChI=1S/C15H18FNO/c1-5-10-7-12(16)8-11(6-2)13(10)14-17-15(3,4)9-18-14/h5,7-8H,1,6,9H2,2-4H3. The fourth-order valence-electron chi connectivity index (χ4n) is 2.10. The minimum Gasteiger partial charge on any atom is -0.475 e. The van der Waals surface area contributed by atoms with Crippen molar-refractivity contribution in [2.75, 3.05) is 6.61 Å². The van der Waals surface area contributed by atoms with Crippen LogP contribution in [0.2, 0.25) is 0 Å². The zero-order valence-corrected chi connectivity index (χ0v) is 11.1. The second-order valence-corrected chi connectivity index (χ2v) is 5.10. The minimum absolute atomic E-state index is 0.215. The Hall–Kier alpha value is -1.64. The van der Waals surface area contributed by atoms with Crippen molar-refractivity contribution in [1.82, 2.24) is 0 Å². The van der Waals surface area contributed by atoms with Crippen LogP contribution in [0, 0.1) is 5.82 Å². The third-order valence-electron chi connectivity index (χ3n) is 3.00. The Kier molecular flexibility index (Phi) is 3.24. The zero-order valence-electron chi connectivity index (χ0n) is 11.1. The Labute approximate surface area is 107 Å². The summed E-state index contributed by atoms with van der Waals surface area (Å²) < 4.78 is 19.2. The Balaban J connectivity index is 2.59. The molecule has 0 saturated heterocycles. The fourth-order valence-corrected chi connectivity index (χ4v) is 2.10. The smallest absolute Gasteiger partial charge is 0.217 e. The maximum atomic E-state index is 13.5. The van der Waals surface area contributed by atoms with E-state index in [-0.39, 0.29) is 11.4 Å². The van der Waals surface area contributed by atoms with Gasteiger partial charge in [0.2, 0.25) is 5.90 Å². The first-order valence-corrected chi connectivity index (χ1v) is 6.14. The number of rotatable bonds is 3. The molecule has 0 atom stereocenters. The molecule has 1 heterocycles. The first-order valence-electron chi connectivity index (χ1n) is 6.14. The molecule has 0 aliphatic carbocycles. The lowest BCUT2D eigenvalue weighted by molar-refractivity contribution is 0.279. The third-order valence-corrected chi connectivity index (χ3v) is 3.00. The highest BCUT2D eigenvalue weighted by Crippen LogP contribution is 2.26. The van der Waals surface area contributed by atoms with Gasteiger partial charge in [0, 0.05) is 5.56 Å². The molecular weight excluding hydrogens is 229 g/mol. The average molecular weight is 247 g/mol. The van der Waals surface area contributed by atoms with Gasteiger partial charge >= 0.3 is 0 Å². The van der Waals surface area contributed by atoms with E-state index in [1.165, 1.54) is 6.07 Å². The van der Waals surface area contributed by atoms with Crippen LogP contribution in [-0.2, 0) is 11.2 Å². The molecular formula is C15H18FNO. The van der Waals surface area contributed by atoms with E-state index in [2.05, 4.69) is 11.6 Å². The lowest BCUT2D eigenvalue weighted by Gasteiger charge is -2.11. The molecule has 0 saturated carbocycles. The van der Waals surface area contributed by atoms with Crippen LogP contribution >= 0.6 is 0 Å². The number of aryl methyl sites for hydroxylation is 1. The topological polar surface area (TPSA) is 21.6 Å². The highest BCUT2D eigenvalue weighted by molar-refractivity contribution is 6.00. The Bertz CT molecular complexity index is 517. The number of nitrogens with zero attached hydrogens (tertiary/aromatic N) is 1. The Morgan fingerprint density at radius 3 is 2.72 bits per heavy atom. The monoisotopic (exact) mass is 247 g/mol. The van der Waals surface area contributed by atoms with Gasteiger partial charge in [-0.2, -0.15) is 0 Å². The van der Waals surface area contributed by atoms with Crippen LogP contribution in [-0.4, -0.2) is 18.0 Å². The van der Waals surface area contributed by atoms with Crippen molar-refractivity contribution in [2.24, 2.45) is 4.99 Å². The summed E-state index contributed by atoms with van der Waals surface area (Å²) in [5, 5.41) is 0. The van der Waals surface area contributed by atoms with Crippen LogP contribution < -0.4 is 0 Å². The average Bonchev–Trinajstić information content (AvgIpc) is 2.67. The van der Waals surface area contributed by atoms with Crippen molar-refractivity contribution in [3.05, 3.63) is 41.2 Å². The van der Waals surface area contributed by atoms with Gasteiger partial charge < -0.3 is 4.74 Å². The van der Waals surface area contributed by atoms with Gasteiger partial charge in [0.25, 0.3) is 0 Å². The second kappa shape index (κ2) is 4.56. The number of ether oxygens (including phenoxy) is 1. The quantitative estimate of drug-likeness (QED) is 0.800. The SMILES string of the molecule is C=Cc1cc(F)cc(CC)c1C1=NC(C)(C)CO1. The van der Waals surface area contributed by atoms with Crippen molar-refractivity contribution in [3.8, 4) is 0 Å². The van der Waals surface area contributed by atoms with Gasteiger partial charge in [-0.25, -0.2) is 9.38 Å². The van der Waals surface area contributed by atoms with E-state index in [0.29, 0.717) is 12.5 Å². The summed E-state index contributed by atoms with van der Waals surface area (Å²) in [4.78, 5) is 4.56. The summed E-state index contributed by atoms with van der Waals surface area (Å²) in [5.41, 5.74) is 2.30. The number of hydrogen-bond acceptors (Lipinski definition) is 2. The highest BCUT2D eigenvalue weighted by atomic mass is 19.1. The van der Waals surface area contributed by atoms with Crippen LogP contribution in [0.3, 0.4) is 0 Å². The van der Waals surface area contributed by atoms with Crippen LogP contribution in [0.4, 0.5) is 4.39 Å². The fraction of sp³-hybridized carbons (Fsp3) is 0.400. The molecule has 2 rings (SSSR count). The molecule has 0 amide bonds. The van der Waals surface area contributed by atoms with Gasteiger partial charge in [-0.15, -0.1) is 0 Å². The van der Waals surface area contributed by atoms with Crippen molar-refractivity contribution < 1.29 is 9.13 Å². The first kappa shape index (κ1) is 12.8. The lowest BCUT2D eigenvalue weighted by Crippen LogP contribution is -2.17. The van der Waals surface area contributed by atoms with Crippen molar-refractivity contribution >= 4 is 12.0 Å². The van der Waals surface area contributed by atoms with Crippen molar-refractivity contribution in [3.63, 3.8) is 0 Å². The van der Waals surface area contributed by atoms with Crippen LogP contribution in [0.25, 0.3) is 6.08 Å². The summed E-state index contributed by atoms with van der Waals surface area (Å²) in [6.07, 6.45) is 2.38. The molecule has 3 heteroatoms. The Morgan fingerprint density at radius 1 is 1.50 bits per heavy atom. The normalized spacial score (nSPS) is 17.2. The molecule has 18 heavy (non-hydrogen) atoms. The molecule has 96 valence electrons. The van der Waals surface area contributed by atoms with Crippen LogP contribution in [0.5, 0.6) is 0 Å². The summed E-state index contributed by atoms with van der Waals surface area (Å²) in [7, 11) is 0. The van der Waals surface area contributed by atoms with E-state index in [9.17, 15) is 4.39 Å². The predicted molar refractivity (Wildman–Crippen MR) is 72.4 cm³/mol. The van der Waals surface area contributed by atoms with Crippen LogP contribution in [0.1, 0.15) is 37.5 Å². The highest BCUT2D eigenvalue weighted by Gasteiger charge is 2.29. The lowest BCUT2D eigenvalue weighted by atomic mass is 9.98. The number of benzene rings is 1. The van der Waals surface area contributed by atoms with Crippen LogP contribution in [0.15, 0.2) is 23.7 Å². The predicted octanol–water partition coefficient (Wildman–Crippen LogP) is 3.59. The summed E-state index contributed by atoms with van der Waals surface area (Å²) in [5.74, 6) is 0.357. The van der Waals surface area contributed by atoms with Gasteiger partial charge in [0.1, 0.15) is 12.4 Å². The molecule has 1 aliphatic heterocycles. The number of halogens is 1. The molecule has 0 aromatic heterocycles. The second-order valence-electron chi connectivity index (χ2n) is 5.10. The van der Waals surface area contributed by atoms with E-state index in [1.807, 2.05) is 20.8 Å².